The van der Waals surface area contributed by atoms with Crippen molar-refractivity contribution in [2.45, 2.75) is 11.4 Å². The van der Waals surface area contributed by atoms with Crippen LogP contribution in [0.1, 0.15) is 5.56 Å². The summed E-state index contributed by atoms with van der Waals surface area (Å²) in [6.45, 7) is 0.0566. The molecule has 154 valence electrons. The molecule has 2 aromatic heterocycles. The topological polar surface area (TPSA) is 103 Å². The molecule has 0 spiro atoms. The Morgan fingerprint density at radius 3 is 2.39 bits per heavy atom. The molecule has 0 saturated heterocycles. The minimum absolute atomic E-state index is 0.0166. The number of aromatic nitrogens is 4. The van der Waals surface area contributed by atoms with Gasteiger partial charge < -0.3 is 0 Å². The van der Waals surface area contributed by atoms with E-state index in [0.717, 1.165) is 16.8 Å². The number of para-hydroxylation sites is 1. The largest absolute Gasteiger partial charge is 0.243 e. The highest BCUT2D eigenvalue weighted by Gasteiger charge is 2.21. The van der Waals surface area contributed by atoms with Crippen molar-refractivity contribution in [2.75, 3.05) is 0 Å². The Hall–Kier alpha value is -3.82. The van der Waals surface area contributed by atoms with Crippen molar-refractivity contribution < 1.29 is 13.0 Å². The molecule has 8 nitrogen and oxygen atoms in total. The van der Waals surface area contributed by atoms with Gasteiger partial charge in [0.25, 0.3) is 0 Å². The van der Waals surface area contributed by atoms with Crippen LogP contribution in [0, 0.1) is 0 Å². The van der Waals surface area contributed by atoms with Crippen LogP contribution in [-0.2, 0) is 16.6 Å². The molecule has 0 bridgehead atoms. The zero-order valence-electron chi connectivity index (χ0n) is 16.2. The number of nitrogens with zero attached hydrogens (tertiary/aromatic N) is 4. The summed E-state index contributed by atoms with van der Waals surface area (Å²) in [4.78, 5) is 0.0166. The number of sulfonamides is 1. The molecule has 5 rings (SSSR count). The van der Waals surface area contributed by atoms with Crippen LogP contribution < -0.4 is 4.72 Å². The standard InChI is InChI=1S/C22H17N5O3S/c28-31(29,20-13-7-12-19-22(20)26-30-25-19)23-14-17-15-27(18-10-5-2-6-11-18)24-21(17)16-8-3-1-4-9-16/h1-13,15,23H,14H2. The van der Waals surface area contributed by atoms with E-state index in [9.17, 15) is 8.42 Å². The van der Waals surface area contributed by atoms with E-state index in [1.807, 2.05) is 66.9 Å². The molecule has 31 heavy (non-hydrogen) atoms. The maximum absolute atomic E-state index is 13.0. The summed E-state index contributed by atoms with van der Waals surface area (Å²) in [5.41, 5.74) is 3.79. The predicted octanol–water partition coefficient (Wildman–Crippen LogP) is 3.55. The third kappa shape index (κ3) is 3.72. The molecule has 0 unspecified atom stereocenters. The van der Waals surface area contributed by atoms with Gasteiger partial charge in [0, 0.05) is 23.9 Å². The van der Waals surface area contributed by atoms with Crippen LogP contribution in [0.5, 0.6) is 0 Å². The van der Waals surface area contributed by atoms with E-state index in [1.165, 1.54) is 6.07 Å². The SMILES string of the molecule is O=S(=O)(NCc1cn(-c2ccccc2)nc1-c1ccccc1)c1cccc2nonc12. The van der Waals surface area contributed by atoms with E-state index >= 15 is 0 Å². The molecule has 0 aliphatic rings. The molecular formula is C22H17N5O3S. The van der Waals surface area contributed by atoms with E-state index in [1.54, 1.807) is 16.8 Å². The molecule has 0 aliphatic carbocycles. The monoisotopic (exact) mass is 431 g/mol. The molecule has 0 radical (unpaired) electrons. The van der Waals surface area contributed by atoms with Gasteiger partial charge in [0.15, 0.2) is 5.52 Å². The first-order valence-corrected chi connectivity index (χ1v) is 11.0. The van der Waals surface area contributed by atoms with Crippen molar-refractivity contribution in [3.05, 3.63) is 90.6 Å². The maximum atomic E-state index is 13.0. The highest BCUT2D eigenvalue weighted by molar-refractivity contribution is 7.89. The second-order valence-electron chi connectivity index (χ2n) is 6.86. The van der Waals surface area contributed by atoms with Gasteiger partial charge in [-0.3, -0.25) is 0 Å². The van der Waals surface area contributed by atoms with Crippen LogP contribution in [0.15, 0.2) is 94.6 Å². The quantitative estimate of drug-likeness (QED) is 0.441. The summed E-state index contributed by atoms with van der Waals surface area (Å²) in [6, 6.07) is 24.0. The number of benzene rings is 3. The lowest BCUT2D eigenvalue weighted by Gasteiger charge is -2.07. The molecule has 0 aliphatic heterocycles. The summed E-state index contributed by atoms with van der Waals surface area (Å²) >= 11 is 0. The van der Waals surface area contributed by atoms with Crippen molar-refractivity contribution in [3.63, 3.8) is 0 Å². The lowest BCUT2D eigenvalue weighted by molar-refractivity contribution is 0.315. The first-order chi connectivity index (χ1) is 15.1. The lowest BCUT2D eigenvalue weighted by Crippen LogP contribution is -2.23. The van der Waals surface area contributed by atoms with Gasteiger partial charge in [0.2, 0.25) is 10.0 Å². The summed E-state index contributed by atoms with van der Waals surface area (Å²) < 4.78 is 35.1. The summed E-state index contributed by atoms with van der Waals surface area (Å²) in [6.07, 6.45) is 1.83. The van der Waals surface area contributed by atoms with E-state index in [0.29, 0.717) is 11.2 Å². The number of hydrogen-bond donors (Lipinski definition) is 1. The molecule has 1 N–H and O–H groups in total. The van der Waals surface area contributed by atoms with E-state index < -0.39 is 10.0 Å². The molecule has 0 fully saturated rings. The van der Waals surface area contributed by atoms with Gasteiger partial charge in [-0.2, -0.15) is 5.10 Å². The van der Waals surface area contributed by atoms with Gasteiger partial charge in [-0.1, -0.05) is 54.6 Å². The maximum Gasteiger partial charge on any atom is 0.243 e. The van der Waals surface area contributed by atoms with Gasteiger partial charge in [-0.15, -0.1) is 0 Å². The van der Waals surface area contributed by atoms with Gasteiger partial charge in [0.1, 0.15) is 10.4 Å². The molecule has 9 heteroatoms. The van der Waals surface area contributed by atoms with Crippen LogP contribution >= 0.6 is 0 Å². The zero-order chi connectivity index (χ0) is 21.3. The Bertz CT molecular complexity index is 1440. The Morgan fingerprint density at radius 1 is 0.871 bits per heavy atom. The third-order valence-corrected chi connectivity index (χ3v) is 6.28. The number of hydrogen-bond acceptors (Lipinski definition) is 6. The fourth-order valence-electron chi connectivity index (χ4n) is 3.34. The Labute approximate surface area is 178 Å². The normalized spacial score (nSPS) is 11.7. The van der Waals surface area contributed by atoms with Crippen molar-refractivity contribution in [1.29, 1.82) is 0 Å². The second-order valence-corrected chi connectivity index (χ2v) is 8.60. The van der Waals surface area contributed by atoms with Crippen molar-refractivity contribution >= 4 is 21.1 Å². The van der Waals surface area contributed by atoms with Crippen LogP contribution in [0.2, 0.25) is 0 Å². The minimum atomic E-state index is -3.86. The van der Waals surface area contributed by atoms with Crippen molar-refractivity contribution in [1.82, 2.24) is 24.8 Å². The van der Waals surface area contributed by atoms with Crippen LogP contribution in [0.4, 0.5) is 0 Å². The zero-order valence-corrected chi connectivity index (χ0v) is 17.0. The van der Waals surface area contributed by atoms with Crippen molar-refractivity contribution in [3.8, 4) is 16.9 Å². The highest BCUT2D eigenvalue weighted by atomic mass is 32.2. The van der Waals surface area contributed by atoms with E-state index in [4.69, 9.17) is 5.10 Å². The average molecular weight is 431 g/mol. The molecule has 0 amide bonds. The van der Waals surface area contributed by atoms with Gasteiger partial charge in [0.05, 0.1) is 11.4 Å². The van der Waals surface area contributed by atoms with Crippen molar-refractivity contribution in [2.24, 2.45) is 0 Å². The third-order valence-electron chi connectivity index (χ3n) is 4.85. The van der Waals surface area contributed by atoms with Gasteiger partial charge in [-0.25, -0.2) is 22.5 Å². The summed E-state index contributed by atoms with van der Waals surface area (Å²) in [7, 11) is -3.86. The number of nitrogens with one attached hydrogen (secondary N) is 1. The summed E-state index contributed by atoms with van der Waals surface area (Å²) in [5, 5.41) is 12.1. The summed E-state index contributed by atoms with van der Waals surface area (Å²) in [5.74, 6) is 0. The van der Waals surface area contributed by atoms with Crippen LogP contribution in [-0.4, -0.2) is 28.5 Å². The molecule has 5 aromatic rings. The smallest absolute Gasteiger partial charge is 0.243 e. The molecule has 0 saturated carbocycles. The second kappa shape index (κ2) is 7.78. The molecule has 3 aromatic carbocycles. The number of rotatable bonds is 6. The number of fused-ring (bicyclic) bond motifs is 1. The minimum Gasteiger partial charge on any atom is -0.243 e. The van der Waals surface area contributed by atoms with E-state index in [2.05, 4.69) is 19.7 Å². The Kier molecular flexibility index (Phi) is 4.81. The molecule has 0 atom stereocenters. The van der Waals surface area contributed by atoms with Gasteiger partial charge >= 0.3 is 0 Å². The molecule has 2 heterocycles. The Balaban J connectivity index is 1.51. The van der Waals surface area contributed by atoms with Crippen LogP contribution in [0.3, 0.4) is 0 Å². The first-order valence-electron chi connectivity index (χ1n) is 9.52. The average Bonchev–Trinajstić information content (AvgIpc) is 3.46. The fraction of sp³-hybridized carbons (Fsp3) is 0.0455. The predicted molar refractivity (Wildman–Crippen MR) is 115 cm³/mol. The first kappa shape index (κ1) is 19.2. The molecular weight excluding hydrogens is 414 g/mol. The van der Waals surface area contributed by atoms with E-state index in [-0.39, 0.29) is 17.0 Å². The van der Waals surface area contributed by atoms with Crippen LogP contribution in [0.25, 0.3) is 28.0 Å². The fourth-order valence-corrected chi connectivity index (χ4v) is 4.49. The lowest BCUT2D eigenvalue weighted by atomic mass is 10.1. The highest BCUT2D eigenvalue weighted by Crippen LogP contribution is 2.25. The Morgan fingerprint density at radius 2 is 1.61 bits per heavy atom. The van der Waals surface area contributed by atoms with Gasteiger partial charge in [-0.05, 0) is 34.6 Å².